The Bertz CT molecular complexity index is 407. The van der Waals surface area contributed by atoms with Gasteiger partial charge in [-0.25, -0.2) is 0 Å². The van der Waals surface area contributed by atoms with Crippen LogP contribution in [0.25, 0.3) is 0 Å². The highest BCUT2D eigenvalue weighted by atomic mass is 16.5. The summed E-state index contributed by atoms with van der Waals surface area (Å²) in [7, 11) is 0. The molecule has 1 aromatic rings. The van der Waals surface area contributed by atoms with Crippen molar-refractivity contribution >= 4 is 5.91 Å². The van der Waals surface area contributed by atoms with Crippen molar-refractivity contribution in [2.75, 3.05) is 6.54 Å². The Hall–Kier alpha value is -1.32. The topological polar surface area (TPSA) is 46.3 Å². The monoisotopic (exact) mass is 234 g/mol. The smallest absolute Gasteiger partial charge is 0.225 e. The van der Waals surface area contributed by atoms with Gasteiger partial charge >= 0.3 is 0 Å². The molecule has 1 aliphatic heterocycles. The van der Waals surface area contributed by atoms with Crippen LogP contribution in [0, 0.1) is 5.92 Å². The molecule has 0 spiro atoms. The van der Waals surface area contributed by atoms with Gasteiger partial charge < -0.3 is 9.42 Å². The van der Waals surface area contributed by atoms with Gasteiger partial charge in [0.1, 0.15) is 5.76 Å². The minimum absolute atomic E-state index is 0.269. The lowest BCUT2D eigenvalue weighted by Crippen LogP contribution is -2.40. The molecule has 0 atom stereocenters. The van der Waals surface area contributed by atoms with Gasteiger partial charge in [-0.1, -0.05) is 24.4 Å². The van der Waals surface area contributed by atoms with E-state index in [2.05, 4.69) is 5.16 Å². The number of amides is 1. The molecular weight excluding hydrogens is 216 g/mol. The molecule has 0 bridgehead atoms. The standard InChI is InChI=1S/C13H18N2O2/c16-13(10-4-2-1-3-5-10)15-7-6-12-11(9-15)8-14-17-12/h8,10H,1-7,9H2. The minimum atomic E-state index is 0.269. The number of carbonyl (C=O) groups is 1. The van der Waals surface area contributed by atoms with Gasteiger partial charge in [0.25, 0.3) is 0 Å². The highest BCUT2D eigenvalue weighted by molar-refractivity contribution is 5.79. The SMILES string of the molecule is O=C(C1CCCCC1)N1CCc2oncc2C1. The Morgan fingerprint density at radius 2 is 2.18 bits per heavy atom. The molecule has 4 nitrogen and oxygen atoms in total. The Balaban J connectivity index is 1.67. The highest BCUT2D eigenvalue weighted by Crippen LogP contribution is 2.27. The number of hydrogen-bond acceptors (Lipinski definition) is 3. The fraction of sp³-hybridized carbons (Fsp3) is 0.692. The van der Waals surface area contributed by atoms with E-state index in [9.17, 15) is 4.79 Å². The molecule has 2 aliphatic rings. The van der Waals surface area contributed by atoms with Gasteiger partial charge in [0.05, 0.1) is 12.7 Å². The van der Waals surface area contributed by atoms with Crippen LogP contribution < -0.4 is 0 Å². The normalized spacial score (nSPS) is 21.3. The van der Waals surface area contributed by atoms with E-state index in [0.717, 1.165) is 37.1 Å². The summed E-state index contributed by atoms with van der Waals surface area (Å²) in [6, 6.07) is 0. The maximum Gasteiger partial charge on any atom is 0.225 e. The molecule has 1 amide bonds. The van der Waals surface area contributed by atoms with E-state index < -0.39 is 0 Å². The molecule has 3 rings (SSSR count). The van der Waals surface area contributed by atoms with E-state index in [1.807, 2.05) is 4.90 Å². The van der Waals surface area contributed by atoms with Crippen molar-refractivity contribution in [2.45, 2.75) is 45.1 Å². The number of fused-ring (bicyclic) bond motifs is 1. The third-order valence-electron chi connectivity index (χ3n) is 3.97. The number of nitrogens with zero attached hydrogens (tertiary/aromatic N) is 2. The molecule has 0 N–H and O–H groups in total. The van der Waals surface area contributed by atoms with Crippen molar-refractivity contribution in [2.24, 2.45) is 5.92 Å². The molecular formula is C13H18N2O2. The quantitative estimate of drug-likeness (QED) is 0.748. The summed E-state index contributed by atoms with van der Waals surface area (Å²) >= 11 is 0. The molecule has 1 fully saturated rings. The van der Waals surface area contributed by atoms with Gasteiger partial charge in [-0.3, -0.25) is 4.79 Å². The van der Waals surface area contributed by atoms with E-state index in [0.29, 0.717) is 12.5 Å². The number of carbonyl (C=O) groups excluding carboxylic acids is 1. The van der Waals surface area contributed by atoms with Crippen molar-refractivity contribution in [1.82, 2.24) is 10.1 Å². The Morgan fingerprint density at radius 1 is 1.35 bits per heavy atom. The molecule has 0 saturated heterocycles. The van der Waals surface area contributed by atoms with Crippen LogP contribution in [0.3, 0.4) is 0 Å². The van der Waals surface area contributed by atoms with Gasteiger partial charge in [0.15, 0.2) is 0 Å². The second-order valence-corrected chi connectivity index (χ2v) is 5.12. The van der Waals surface area contributed by atoms with Gasteiger partial charge in [0, 0.05) is 24.4 Å². The van der Waals surface area contributed by atoms with Crippen LogP contribution in [0.2, 0.25) is 0 Å². The van der Waals surface area contributed by atoms with Crippen LogP contribution in [0.15, 0.2) is 10.7 Å². The molecule has 17 heavy (non-hydrogen) atoms. The van der Waals surface area contributed by atoms with Crippen LogP contribution in [0.4, 0.5) is 0 Å². The van der Waals surface area contributed by atoms with Crippen LogP contribution in [0.5, 0.6) is 0 Å². The number of rotatable bonds is 1. The minimum Gasteiger partial charge on any atom is -0.361 e. The van der Waals surface area contributed by atoms with E-state index in [4.69, 9.17) is 4.52 Å². The average Bonchev–Trinajstić information content (AvgIpc) is 2.86. The van der Waals surface area contributed by atoms with Crippen LogP contribution in [-0.2, 0) is 17.8 Å². The lowest BCUT2D eigenvalue weighted by molar-refractivity contribution is -0.137. The summed E-state index contributed by atoms with van der Waals surface area (Å²) in [6.07, 6.45) is 8.42. The van der Waals surface area contributed by atoms with Crippen LogP contribution in [-0.4, -0.2) is 22.5 Å². The first-order valence-corrected chi connectivity index (χ1v) is 6.56. The fourth-order valence-electron chi connectivity index (χ4n) is 2.94. The second-order valence-electron chi connectivity index (χ2n) is 5.12. The zero-order chi connectivity index (χ0) is 11.7. The van der Waals surface area contributed by atoms with E-state index in [-0.39, 0.29) is 5.92 Å². The van der Waals surface area contributed by atoms with Gasteiger partial charge in [-0.2, -0.15) is 0 Å². The van der Waals surface area contributed by atoms with Crippen molar-refractivity contribution in [1.29, 1.82) is 0 Å². The third-order valence-corrected chi connectivity index (χ3v) is 3.97. The summed E-state index contributed by atoms with van der Waals surface area (Å²) in [5.74, 6) is 1.57. The maximum atomic E-state index is 12.4. The van der Waals surface area contributed by atoms with Crippen molar-refractivity contribution < 1.29 is 9.32 Å². The Morgan fingerprint density at radius 3 is 3.00 bits per heavy atom. The zero-order valence-electron chi connectivity index (χ0n) is 10.0. The summed E-state index contributed by atoms with van der Waals surface area (Å²) in [5, 5.41) is 3.80. The zero-order valence-corrected chi connectivity index (χ0v) is 10.0. The van der Waals surface area contributed by atoms with E-state index >= 15 is 0 Å². The number of aromatic nitrogens is 1. The third kappa shape index (κ3) is 2.08. The molecule has 4 heteroatoms. The fourth-order valence-corrected chi connectivity index (χ4v) is 2.94. The second kappa shape index (κ2) is 4.51. The van der Waals surface area contributed by atoms with Crippen LogP contribution >= 0.6 is 0 Å². The van der Waals surface area contributed by atoms with E-state index in [1.165, 1.54) is 19.3 Å². The summed E-state index contributed by atoms with van der Waals surface area (Å²) in [4.78, 5) is 14.3. The van der Waals surface area contributed by atoms with Gasteiger partial charge in [-0.05, 0) is 12.8 Å². The van der Waals surface area contributed by atoms with Crippen molar-refractivity contribution in [3.05, 3.63) is 17.5 Å². The van der Waals surface area contributed by atoms with Gasteiger partial charge in [-0.15, -0.1) is 0 Å². The molecule has 92 valence electrons. The van der Waals surface area contributed by atoms with E-state index in [1.54, 1.807) is 6.20 Å². The van der Waals surface area contributed by atoms with Gasteiger partial charge in [0.2, 0.25) is 5.91 Å². The molecule has 1 saturated carbocycles. The van der Waals surface area contributed by atoms with Crippen LogP contribution in [0.1, 0.15) is 43.4 Å². The average molecular weight is 234 g/mol. The Kier molecular flexibility index (Phi) is 2.87. The van der Waals surface area contributed by atoms with Crippen molar-refractivity contribution in [3.8, 4) is 0 Å². The Labute approximate surface area is 101 Å². The molecule has 2 heterocycles. The molecule has 0 radical (unpaired) electrons. The predicted octanol–water partition coefficient (Wildman–Crippen LogP) is 2.14. The lowest BCUT2D eigenvalue weighted by atomic mass is 9.88. The largest absolute Gasteiger partial charge is 0.361 e. The molecule has 1 aromatic heterocycles. The first-order chi connectivity index (χ1) is 8.34. The molecule has 0 unspecified atom stereocenters. The highest BCUT2D eigenvalue weighted by Gasteiger charge is 2.29. The molecule has 0 aromatic carbocycles. The lowest BCUT2D eigenvalue weighted by Gasteiger charge is -2.31. The first kappa shape index (κ1) is 10.8. The summed E-state index contributed by atoms with van der Waals surface area (Å²) in [6.45, 7) is 1.48. The summed E-state index contributed by atoms with van der Waals surface area (Å²) < 4.78 is 5.14. The first-order valence-electron chi connectivity index (χ1n) is 6.56. The number of hydrogen-bond donors (Lipinski definition) is 0. The molecule has 1 aliphatic carbocycles. The maximum absolute atomic E-state index is 12.4. The predicted molar refractivity (Wildman–Crippen MR) is 62.2 cm³/mol. The van der Waals surface area contributed by atoms with Crippen molar-refractivity contribution in [3.63, 3.8) is 0 Å². The summed E-state index contributed by atoms with van der Waals surface area (Å²) in [5.41, 5.74) is 1.08.